The number of nitrogens with one attached hydrogen (secondary N) is 1. The summed E-state index contributed by atoms with van der Waals surface area (Å²) in [6.45, 7) is 4.18. The molecule has 4 heteroatoms. The molecular formula is C22H18N2OS. The molecule has 26 heavy (non-hydrogen) atoms. The normalized spacial score (nSPS) is 10.8. The van der Waals surface area contributed by atoms with Crippen molar-refractivity contribution < 1.29 is 4.79 Å². The van der Waals surface area contributed by atoms with Gasteiger partial charge in [0.15, 0.2) is 5.13 Å². The maximum Gasteiger partial charge on any atom is 0.258 e. The molecule has 4 rings (SSSR count). The summed E-state index contributed by atoms with van der Waals surface area (Å²) >= 11 is 1.44. The highest BCUT2D eigenvalue weighted by molar-refractivity contribution is 7.14. The number of amides is 1. The first-order valence-electron chi connectivity index (χ1n) is 8.44. The minimum Gasteiger partial charge on any atom is -0.298 e. The first kappa shape index (κ1) is 16.5. The summed E-state index contributed by atoms with van der Waals surface area (Å²) in [4.78, 5) is 17.3. The summed E-state index contributed by atoms with van der Waals surface area (Å²) in [5.41, 5.74) is 5.10. The van der Waals surface area contributed by atoms with Crippen molar-refractivity contribution >= 4 is 33.1 Å². The average molecular weight is 358 g/mol. The topological polar surface area (TPSA) is 42.0 Å². The molecule has 0 aliphatic rings. The molecule has 0 aliphatic heterocycles. The fraction of sp³-hybridized carbons (Fsp3) is 0.0909. The number of rotatable bonds is 3. The van der Waals surface area contributed by atoms with Crippen LogP contribution in [0.4, 0.5) is 5.13 Å². The van der Waals surface area contributed by atoms with Crippen LogP contribution in [0.15, 0.2) is 66.0 Å². The predicted molar refractivity (Wildman–Crippen MR) is 109 cm³/mol. The standard InChI is InChI=1S/C22H18N2OS/c1-14-10-11-17(12-15(14)2)20-13-26-22(23-20)24-21(25)19-9-5-7-16-6-3-4-8-18(16)19/h3-13H,1-2H3,(H,23,24,25). The van der Waals surface area contributed by atoms with Crippen LogP contribution in [0.3, 0.4) is 0 Å². The first-order valence-corrected chi connectivity index (χ1v) is 9.32. The number of carbonyl (C=O) groups excluding carboxylic acids is 1. The zero-order valence-corrected chi connectivity index (χ0v) is 15.4. The molecule has 0 unspecified atom stereocenters. The highest BCUT2D eigenvalue weighted by atomic mass is 32.1. The van der Waals surface area contributed by atoms with Crippen molar-refractivity contribution in [2.45, 2.75) is 13.8 Å². The Morgan fingerprint density at radius 2 is 1.77 bits per heavy atom. The summed E-state index contributed by atoms with van der Waals surface area (Å²) in [7, 11) is 0. The second-order valence-corrected chi connectivity index (χ2v) is 7.18. The molecule has 0 spiro atoms. The SMILES string of the molecule is Cc1ccc(-c2csc(NC(=O)c3cccc4ccccc34)n2)cc1C. The van der Waals surface area contributed by atoms with Crippen LogP contribution < -0.4 is 5.32 Å². The Bertz CT molecular complexity index is 1110. The number of aromatic nitrogens is 1. The number of nitrogens with zero attached hydrogens (tertiary/aromatic N) is 1. The molecule has 0 atom stereocenters. The molecule has 0 saturated heterocycles. The van der Waals surface area contributed by atoms with Gasteiger partial charge in [-0.15, -0.1) is 11.3 Å². The summed E-state index contributed by atoms with van der Waals surface area (Å²) in [5.74, 6) is -0.136. The summed E-state index contributed by atoms with van der Waals surface area (Å²) < 4.78 is 0. The van der Waals surface area contributed by atoms with Gasteiger partial charge in [-0.05, 0) is 47.9 Å². The van der Waals surface area contributed by atoms with Crippen molar-refractivity contribution in [3.63, 3.8) is 0 Å². The minimum absolute atomic E-state index is 0.136. The smallest absolute Gasteiger partial charge is 0.258 e. The van der Waals surface area contributed by atoms with E-state index in [0.717, 1.165) is 22.0 Å². The molecule has 1 N–H and O–H groups in total. The Hall–Kier alpha value is -2.98. The van der Waals surface area contributed by atoms with E-state index in [1.807, 2.05) is 47.8 Å². The molecule has 0 radical (unpaired) electrons. The van der Waals surface area contributed by atoms with Crippen LogP contribution in [0.1, 0.15) is 21.5 Å². The van der Waals surface area contributed by atoms with Gasteiger partial charge < -0.3 is 0 Å². The van der Waals surface area contributed by atoms with Gasteiger partial charge in [0, 0.05) is 16.5 Å². The van der Waals surface area contributed by atoms with Gasteiger partial charge in [-0.2, -0.15) is 0 Å². The second kappa shape index (κ2) is 6.73. The van der Waals surface area contributed by atoms with Crippen LogP contribution in [0.25, 0.3) is 22.0 Å². The molecule has 4 aromatic rings. The van der Waals surface area contributed by atoms with Gasteiger partial charge >= 0.3 is 0 Å². The zero-order valence-electron chi connectivity index (χ0n) is 14.6. The number of carbonyl (C=O) groups is 1. The molecule has 3 aromatic carbocycles. The van der Waals surface area contributed by atoms with E-state index >= 15 is 0 Å². The van der Waals surface area contributed by atoms with Crippen molar-refractivity contribution in [1.82, 2.24) is 4.98 Å². The fourth-order valence-electron chi connectivity index (χ4n) is 2.95. The number of hydrogen-bond acceptors (Lipinski definition) is 3. The van der Waals surface area contributed by atoms with Gasteiger partial charge in [0.05, 0.1) is 5.69 Å². The molecule has 1 amide bonds. The average Bonchev–Trinajstić information content (AvgIpc) is 3.12. The minimum atomic E-state index is -0.136. The van der Waals surface area contributed by atoms with E-state index < -0.39 is 0 Å². The molecule has 128 valence electrons. The van der Waals surface area contributed by atoms with Crippen molar-refractivity contribution in [3.05, 3.63) is 82.7 Å². The molecule has 0 aliphatic carbocycles. The lowest BCUT2D eigenvalue weighted by molar-refractivity contribution is 0.102. The van der Waals surface area contributed by atoms with Crippen molar-refractivity contribution in [2.24, 2.45) is 0 Å². The lowest BCUT2D eigenvalue weighted by Gasteiger charge is -2.06. The Morgan fingerprint density at radius 1 is 0.962 bits per heavy atom. The molecule has 0 saturated carbocycles. The van der Waals surface area contributed by atoms with Gasteiger partial charge in [0.25, 0.3) is 5.91 Å². The second-order valence-electron chi connectivity index (χ2n) is 6.32. The number of aryl methyl sites for hydroxylation is 2. The predicted octanol–water partition coefficient (Wildman–Crippen LogP) is 5.83. The number of benzene rings is 3. The first-order chi connectivity index (χ1) is 12.6. The zero-order chi connectivity index (χ0) is 18.1. The number of hydrogen-bond donors (Lipinski definition) is 1. The van der Waals surface area contributed by atoms with Gasteiger partial charge in [-0.25, -0.2) is 4.98 Å². The molecule has 0 bridgehead atoms. The third-order valence-corrected chi connectivity index (χ3v) is 5.32. The quantitative estimate of drug-likeness (QED) is 0.500. The van der Waals surface area contributed by atoms with Crippen LogP contribution in [0, 0.1) is 13.8 Å². The molecule has 1 aromatic heterocycles. The maximum absolute atomic E-state index is 12.7. The Labute approximate surface area is 156 Å². The van der Waals surface area contributed by atoms with Crippen LogP contribution in [-0.4, -0.2) is 10.9 Å². The van der Waals surface area contributed by atoms with Crippen molar-refractivity contribution in [2.75, 3.05) is 5.32 Å². The van der Waals surface area contributed by atoms with Crippen LogP contribution in [0.5, 0.6) is 0 Å². The summed E-state index contributed by atoms with van der Waals surface area (Å²) in [6.07, 6.45) is 0. The summed E-state index contributed by atoms with van der Waals surface area (Å²) in [5, 5.41) is 7.51. The van der Waals surface area contributed by atoms with E-state index in [2.05, 4.69) is 42.3 Å². The Balaban J connectivity index is 1.60. The van der Waals surface area contributed by atoms with Gasteiger partial charge in [0.1, 0.15) is 0 Å². The van der Waals surface area contributed by atoms with Crippen LogP contribution in [0.2, 0.25) is 0 Å². The number of fused-ring (bicyclic) bond motifs is 1. The largest absolute Gasteiger partial charge is 0.298 e. The number of anilines is 1. The van der Waals surface area contributed by atoms with E-state index in [9.17, 15) is 4.79 Å². The van der Waals surface area contributed by atoms with Gasteiger partial charge in [-0.3, -0.25) is 10.1 Å². The molecule has 3 nitrogen and oxygen atoms in total. The third kappa shape index (κ3) is 3.11. The number of thiazole rings is 1. The van der Waals surface area contributed by atoms with Gasteiger partial charge in [-0.1, -0.05) is 48.5 Å². The van der Waals surface area contributed by atoms with E-state index in [4.69, 9.17) is 0 Å². The Kier molecular flexibility index (Phi) is 4.27. The van der Waals surface area contributed by atoms with Crippen LogP contribution >= 0.6 is 11.3 Å². The van der Waals surface area contributed by atoms with E-state index in [0.29, 0.717) is 10.7 Å². The monoisotopic (exact) mass is 358 g/mol. The van der Waals surface area contributed by atoms with Crippen molar-refractivity contribution in [3.8, 4) is 11.3 Å². The lowest BCUT2D eigenvalue weighted by atomic mass is 10.0. The third-order valence-electron chi connectivity index (χ3n) is 4.56. The van der Waals surface area contributed by atoms with E-state index in [1.165, 1.54) is 22.5 Å². The fourth-order valence-corrected chi connectivity index (χ4v) is 3.67. The molecule has 1 heterocycles. The molecule has 0 fully saturated rings. The van der Waals surface area contributed by atoms with Crippen molar-refractivity contribution in [1.29, 1.82) is 0 Å². The van der Waals surface area contributed by atoms with E-state index in [1.54, 1.807) is 0 Å². The Morgan fingerprint density at radius 3 is 2.62 bits per heavy atom. The molecular weight excluding hydrogens is 340 g/mol. The van der Waals surface area contributed by atoms with E-state index in [-0.39, 0.29) is 5.91 Å². The van der Waals surface area contributed by atoms with Crippen LogP contribution in [-0.2, 0) is 0 Å². The highest BCUT2D eigenvalue weighted by Gasteiger charge is 2.12. The maximum atomic E-state index is 12.7. The highest BCUT2D eigenvalue weighted by Crippen LogP contribution is 2.27. The summed E-state index contributed by atoms with van der Waals surface area (Å²) in [6, 6.07) is 19.9. The lowest BCUT2D eigenvalue weighted by Crippen LogP contribution is -2.12. The van der Waals surface area contributed by atoms with Gasteiger partial charge in [0.2, 0.25) is 0 Å².